The average molecular weight is 181 g/mol. The van der Waals surface area contributed by atoms with Gasteiger partial charge < -0.3 is 4.74 Å². The number of nitriles is 1. The maximum atomic E-state index is 8.99. The molecule has 1 aliphatic carbocycles. The Kier molecular flexibility index (Phi) is 3.33. The Morgan fingerprint density at radius 2 is 2.15 bits per heavy atom. The van der Waals surface area contributed by atoms with E-state index in [1.807, 2.05) is 0 Å². The van der Waals surface area contributed by atoms with E-state index in [2.05, 4.69) is 26.8 Å². The number of ether oxygens (including phenoxy) is 1. The lowest BCUT2D eigenvalue weighted by Crippen LogP contribution is -2.38. The van der Waals surface area contributed by atoms with Gasteiger partial charge in [-0.25, -0.2) is 0 Å². The van der Waals surface area contributed by atoms with Crippen LogP contribution in [0.3, 0.4) is 0 Å². The van der Waals surface area contributed by atoms with E-state index >= 15 is 0 Å². The SMILES string of the molecule is CC(C)COCC1(C#N)CC(C)C1. The van der Waals surface area contributed by atoms with Gasteiger partial charge in [-0.3, -0.25) is 0 Å². The Morgan fingerprint density at radius 3 is 2.54 bits per heavy atom. The molecule has 0 bridgehead atoms. The van der Waals surface area contributed by atoms with E-state index < -0.39 is 0 Å². The molecule has 0 amide bonds. The van der Waals surface area contributed by atoms with Gasteiger partial charge in [0.05, 0.1) is 18.1 Å². The molecule has 13 heavy (non-hydrogen) atoms. The van der Waals surface area contributed by atoms with Crippen LogP contribution in [-0.2, 0) is 4.74 Å². The van der Waals surface area contributed by atoms with E-state index in [-0.39, 0.29) is 5.41 Å². The molecule has 0 aliphatic heterocycles. The highest BCUT2D eigenvalue weighted by Crippen LogP contribution is 2.44. The highest BCUT2D eigenvalue weighted by Gasteiger charge is 2.42. The third kappa shape index (κ3) is 2.70. The molecule has 0 N–H and O–H groups in total. The summed E-state index contributed by atoms with van der Waals surface area (Å²) < 4.78 is 5.52. The molecule has 0 spiro atoms. The van der Waals surface area contributed by atoms with E-state index in [9.17, 15) is 0 Å². The molecule has 0 radical (unpaired) electrons. The molecule has 0 heterocycles. The summed E-state index contributed by atoms with van der Waals surface area (Å²) in [7, 11) is 0. The summed E-state index contributed by atoms with van der Waals surface area (Å²) in [5, 5.41) is 8.99. The predicted octanol–water partition coefficient (Wildman–Crippen LogP) is 2.60. The number of rotatable bonds is 4. The summed E-state index contributed by atoms with van der Waals surface area (Å²) in [5.74, 6) is 1.27. The number of hydrogen-bond donors (Lipinski definition) is 0. The van der Waals surface area contributed by atoms with E-state index in [4.69, 9.17) is 10.00 Å². The third-order valence-corrected chi connectivity index (χ3v) is 2.55. The van der Waals surface area contributed by atoms with Crippen molar-refractivity contribution in [3.05, 3.63) is 0 Å². The predicted molar refractivity (Wildman–Crippen MR) is 52.1 cm³/mol. The van der Waals surface area contributed by atoms with Crippen LogP contribution in [-0.4, -0.2) is 13.2 Å². The molecule has 1 rings (SSSR count). The first kappa shape index (κ1) is 10.5. The average Bonchev–Trinajstić information content (AvgIpc) is 2.00. The standard InChI is InChI=1S/C11H19NO/c1-9(2)6-13-8-11(7-12)4-10(3)5-11/h9-10H,4-6,8H2,1-3H3. The van der Waals surface area contributed by atoms with Gasteiger partial charge in [-0.15, -0.1) is 0 Å². The number of nitrogens with zero attached hydrogens (tertiary/aromatic N) is 1. The molecule has 0 atom stereocenters. The van der Waals surface area contributed by atoms with Crippen molar-refractivity contribution in [3.63, 3.8) is 0 Å². The summed E-state index contributed by atoms with van der Waals surface area (Å²) in [6.45, 7) is 7.85. The molecule has 0 unspecified atom stereocenters. The Labute approximate surface area is 80.9 Å². The fraction of sp³-hybridized carbons (Fsp3) is 0.909. The van der Waals surface area contributed by atoms with Crippen LogP contribution in [0.25, 0.3) is 0 Å². The topological polar surface area (TPSA) is 33.0 Å². The maximum Gasteiger partial charge on any atom is 0.0812 e. The Morgan fingerprint density at radius 1 is 1.54 bits per heavy atom. The molecule has 0 aromatic carbocycles. The summed E-state index contributed by atoms with van der Waals surface area (Å²) in [5.41, 5.74) is -0.145. The zero-order valence-corrected chi connectivity index (χ0v) is 8.84. The maximum absolute atomic E-state index is 8.99. The molecule has 1 aliphatic rings. The largest absolute Gasteiger partial charge is 0.380 e. The Bertz CT molecular complexity index is 199. The van der Waals surface area contributed by atoms with Crippen molar-refractivity contribution >= 4 is 0 Å². The molecule has 1 saturated carbocycles. The van der Waals surface area contributed by atoms with Gasteiger partial charge in [-0.2, -0.15) is 5.26 Å². The van der Waals surface area contributed by atoms with Crippen LogP contribution in [0.4, 0.5) is 0 Å². The van der Waals surface area contributed by atoms with Crippen molar-refractivity contribution < 1.29 is 4.74 Å². The number of hydrogen-bond acceptors (Lipinski definition) is 2. The van der Waals surface area contributed by atoms with Crippen molar-refractivity contribution in [3.8, 4) is 6.07 Å². The van der Waals surface area contributed by atoms with Crippen LogP contribution >= 0.6 is 0 Å². The molecule has 1 fully saturated rings. The van der Waals surface area contributed by atoms with Crippen LogP contribution in [0, 0.1) is 28.6 Å². The van der Waals surface area contributed by atoms with Gasteiger partial charge in [0.15, 0.2) is 0 Å². The Hall–Kier alpha value is -0.550. The lowest BCUT2D eigenvalue weighted by Gasteiger charge is -2.40. The second kappa shape index (κ2) is 4.11. The lowest BCUT2D eigenvalue weighted by atomic mass is 9.64. The van der Waals surface area contributed by atoms with Crippen molar-refractivity contribution in [1.29, 1.82) is 5.26 Å². The molecular formula is C11H19NO. The fourth-order valence-electron chi connectivity index (χ4n) is 2.01. The summed E-state index contributed by atoms with van der Waals surface area (Å²) in [6, 6.07) is 2.39. The smallest absolute Gasteiger partial charge is 0.0812 e. The Balaban J connectivity index is 2.23. The van der Waals surface area contributed by atoms with E-state index in [1.54, 1.807) is 0 Å². The van der Waals surface area contributed by atoms with Crippen LogP contribution < -0.4 is 0 Å². The van der Waals surface area contributed by atoms with Gasteiger partial charge in [0.25, 0.3) is 0 Å². The van der Waals surface area contributed by atoms with Crippen LogP contribution in [0.15, 0.2) is 0 Å². The van der Waals surface area contributed by atoms with Crippen molar-refractivity contribution in [2.45, 2.75) is 33.6 Å². The second-order valence-corrected chi connectivity index (χ2v) is 4.81. The van der Waals surface area contributed by atoms with Gasteiger partial charge in [0.2, 0.25) is 0 Å². The van der Waals surface area contributed by atoms with Crippen molar-refractivity contribution in [2.24, 2.45) is 17.3 Å². The van der Waals surface area contributed by atoms with Crippen LogP contribution in [0.5, 0.6) is 0 Å². The van der Waals surface area contributed by atoms with Gasteiger partial charge >= 0.3 is 0 Å². The van der Waals surface area contributed by atoms with Gasteiger partial charge in [-0.1, -0.05) is 20.8 Å². The normalized spacial score (nSPS) is 32.7. The highest BCUT2D eigenvalue weighted by molar-refractivity contribution is 5.07. The summed E-state index contributed by atoms with van der Waals surface area (Å²) in [4.78, 5) is 0. The van der Waals surface area contributed by atoms with Crippen LogP contribution in [0.2, 0.25) is 0 Å². The molecule has 74 valence electrons. The van der Waals surface area contributed by atoms with Gasteiger partial charge in [-0.05, 0) is 24.7 Å². The molecule has 0 aromatic heterocycles. The zero-order valence-electron chi connectivity index (χ0n) is 8.84. The third-order valence-electron chi connectivity index (χ3n) is 2.55. The van der Waals surface area contributed by atoms with Crippen molar-refractivity contribution in [1.82, 2.24) is 0 Å². The van der Waals surface area contributed by atoms with Gasteiger partial charge in [0.1, 0.15) is 0 Å². The quantitative estimate of drug-likeness (QED) is 0.668. The van der Waals surface area contributed by atoms with Crippen LogP contribution in [0.1, 0.15) is 33.6 Å². The van der Waals surface area contributed by atoms with E-state index in [0.717, 1.165) is 19.4 Å². The molecule has 0 saturated heterocycles. The summed E-state index contributed by atoms with van der Waals surface area (Å²) in [6.07, 6.45) is 2.03. The first-order chi connectivity index (χ1) is 6.08. The van der Waals surface area contributed by atoms with Gasteiger partial charge in [0, 0.05) is 6.61 Å². The van der Waals surface area contributed by atoms with E-state index in [1.165, 1.54) is 0 Å². The monoisotopic (exact) mass is 181 g/mol. The second-order valence-electron chi connectivity index (χ2n) is 4.81. The molecule has 2 heteroatoms. The fourth-order valence-corrected chi connectivity index (χ4v) is 2.01. The highest BCUT2D eigenvalue weighted by atomic mass is 16.5. The van der Waals surface area contributed by atoms with E-state index in [0.29, 0.717) is 18.4 Å². The molecule has 2 nitrogen and oxygen atoms in total. The van der Waals surface area contributed by atoms with Crippen molar-refractivity contribution in [2.75, 3.05) is 13.2 Å². The molecule has 0 aromatic rings. The first-order valence-corrected chi connectivity index (χ1v) is 5.07. The lowest BCUT2D eigenvalue weighted by molar-refractivity contribution is -0.00500. The summed E-state index contributed by atoms with van der Waals surface area (Å²) >= 11 is 0. The minimum Gasteiger partial charge on any atom is -0.380 e. The molecular weight excluding hydrogens is 162 g/mol. The zero-order chi connectivity index (χ0) is 9.90. The first-order valence-electron chi connectivity index (χ1n) is 5.07. The minimum atomic E-state index is -0.145. The minimum absolute atomic E-state index is 0.145.